The molecule has 1 aliphatic carbocycles. The predicted octanol–water partition coefficient (Wildman–Crippen LogP) is 1.30. The lowest BCUT2D eigenvalue weighted by atomic mass is 9.68. The van der Waals surface area contributed by atoms with Crippen molar-refractivity contribution in [3.05, 3.63) is 0 Å². The smallest absolute Gasteiger partial charge is 0.251 e. The van der Waals surface area contributed by atoms with Gasteiger partial charge in [-0.1, -0.05) is 12.8 Å². The number of carbonyl (C=O) groups is 2. The Morgan fingerprint density at radius 3 is 2.73 bits per heavy atom. The number of piperidine rings is 1. The molecule has 2 amide bonds. The van der Waals surface area contributed by atoms with Crippen LogP contribution in [0.4, 0.5) is 0 Å². The van der Waals surface area contributed by atoms with E-state index in [4.69, 9.17) is 9.47 Å². The van der Waals surface area contributed by atoms with Crippen molar-refractivity contribution >= 4 is 23.6 Å². The average molecular weight is 481 g/mol. The Morgan fingerprint density at radius 1 is 1.12 bits per heavy atom. The number of fused-ring (bicyclic) bond motifs is 1. The summed E-state index contributed by atoms with van der Waals surface area (Å²) in [5, 5.41) is 10.7. The van der Waals surface area contributed by atoms with E-state index in [2.05, 4.69) is 22.9 Å². The van der Waals surface area contributed by atoms with Gasteiger partial charge in [-0.3, -0.25) is 14.9 Å². The number of rotatable bonds is 5. The summed E-state index contributed by atoms with van der Waals surface area (Å²) in [4.78, 5) is 28.1. The Kier molecular flexibility index (Phi) is 7.52. The first-order valence-corrected chi connectivity index (χ1v) is 13.9. The molecule has 0 radical (unpaired) electrons. The van der Waals surface area contributed by atoms with Crippen LogP contribution in [-0.2, 0) is 19.1 Å². The second-order valence-electron chi connectivity index (χ2n) is 10.6. The molecule has 186 valence electrons. The van der Waals surface area contributed by atoms with Crippen LogP contribution in [0, 0.1) is 17.8 Å². The molecule has 1 saturated carbocycles. The van der Waals surface area contributed by atoms with Crippen LogP contribution in [0.1, 0.15) is 51.9 Å². The maximum absolute atomic E-state index is 13.4. The van der Waals surface area contributed by atoms with Gasteiger partial charge in [-0.2, -0.15) is 0 Å². The minimum Gasteiger partial charge on any atom is -0.381 e. The zero-order valence-corrected chi connectivity index (χ0v) is 20.8. The van der Waals surface area contributed by atoms with E-state index in [1.807, 2.05) is 12.0 Å². The van der Waals surface area contributed by atoms with Gasteiger partial charge < -0.3 is 25.0 Å². The Bertz CT molecular complexity index is 707. The Balaban J connectivity index is 1.16. The normalized spacial score (nSPS) is 43.5. The van der Waals surface area contributed by atoms with E-state index in [0.29, 0.717) is 36.3 Å². The van der Waals surface area contributed by atoms with Crippen LogP contribution in [0.15, 0.2) is 0 Å². The molecule has 9 unspecified atom stereocenters. The van der Waals surface area contributed by atoms with Crippen molar-refractivity contribution in [2.45, 2.75) is 86.9 Å². The highest BCUT2D eigenvalue weighted by Crippen LogP contribution is 2.40. The van der Waals surface area contributed by atoms with Gasteiger partial charge in [-0.15, -0.1) is 11.8 Å². The van der Waals surface area contributed by atoms with Gasteiger partial charge in [0, 0.05) is 50.7 Å². The zero-order chi connectivity index (χ0) is 22.9. The lowest BCUT2D eigenvalue weighted by molar-refractivity contribution is -0.140. The number of carbonyl (C=O) groups excluding carboxylic acids is 2. The lowest BCUT2D eigenvalue weighted by Crippen LogP contribution is -2.55. The summed E-state index contributed by atoms with van der Waals surface area (Å²) in [5.41, 5.74) is -0.0861. The van der Waals surface area contributed by atoms with Crippen LogP contribution in [0.25, 0.3) is 0 Å². The third-order valence-electron chi connectivity index (χ3n) is 8.50. The van der Waals surface area contributed by atoms with Crippen molar-refractivity contribution in [3.63, 3.8) is 0 Å². The fourth-order valence-electron chi connectivity index (χ4n) is 6.75. The molecule has 3 N–H and O–H groups in total. The molecule has 0 aromatic rings. The molecule has 4 aliphatic heterocycles. The van der Waals surface area contributed by atoms with E-state index in [1.54, 1.807) is 11.8 Å². The van der Waals surface area contributed by atoms with E-state index in [0.717, 1.165) is 45.2 Å². The van der Waals surface area contributed by atoms with Crippen molar-refractivity contribution in [2.75, 3.05) is 33.4 Å². The summed E-state index contributed by atoms with van der Waals surface area (Å²) in [6.45, 7) is 5.09. The quantitative estimate of drug-likeness (QED) is 0.546. The molecule has 5 fully saturated rings. The second-order valence-corrected chi connectivity index (χ2v) is 12.0. The minimum atomic E-state index is -0.252. The molecule has 9 atom stereocenters. The van der Waals surface area contributed by atoms with E-state index in [1.165, 1.54) is 12.8 Å². The topological polar surface area (TPSA) is 91.9 Å². The number of methoxy groups -OCH3 is 1. The SMILES string of the molecule is COC1CCCCC1C1CC(C)NCC1C(=O)NC1NC2CN(C(=O)C3CCCO3)CC2S1. The Hall–Kier alpha value is -0.870. The van der Waals surface area contributed by atoms with Crippen molar-refractivity contribution in [1.29, 1.82) is 0 Å². The standard InChI is InChI=1S/C24H40N4O4S/c1-14-10-16(15-6-3-4-7-19(15)31-2)17(11-25-14)22(29)27-24-26-18-12-28(13-21(18)33-24)23(30)20-8-5-9-32-20/h14-21,24-26H,3-13H2,1-2H3,(H,27,29). The fourth-order valence-corrected chi connectivity index (χ4v) is 8.16. The molecule has 5 aliphatic rings. The highest BCUT2D eigenvalue weighted by molar-refractivity contribution is 8.00. The zero-order valence-electron chi connectivity index (χ0n) is 20.0. The maximum Gasteiger partial charge on any atom is 0.251 e. The summed E-state index contributed by atoms with van der Waals surface area (Å²) < 4.78 is 11.4. The number of likely N-dealkylation sites (tertiary alicyclic amines) is 1. The minimum absolute atomic E-state index is 0.0256. The van der Waals surface area contributed by atoms with E-state index < -0.39 is 0 Å². The molecular formula is C24H40N4O4S. The highest BCUT2D eigenvalue weighted by atomic mass is 32.2. The number of ether oxygens (including phenoxy) is 2. The molecule has 0 bridgehead atoms. The summed E-state index contributed by atoms with van der Waals surface area (Å²) >= 11 is 1.76. The summed E-state index contributed by atoms with van der Waals surface area (Å²) in [7, 11) is 1.83. The van der Waals surface area contributed by atoms with Gasteiger partial charge in [0.05, 0.1) is 12.0 Å². The number of hydrogen-bond donors (Lipinski definition) is 3. The molecule has 33 heavy (non-hydrogen) atoms. The van der Waals surface area contributed by atoms with Gasteiger partial charge in [0.2, 0.25) is 5.91 Å². The average Bonchev–Trinajstić information content (AvgIpc) is 3.55. The van der Waals surface area contributed by atoms with Crippen LogP contribution in [0.2, 0.25) is 0 Å². The first kappa shape index (κ1) is 23.9. The Labute approximate surface area is 201 Å². The van der Waals surface area contributed by atoms with Crippen molar-refractivity contribution < 1.29 is 19.1 Å². The third kappa shape index (κ3) is 5.08. The maximum atomic E-state index is 13.4. The molecular weight excluding hydrogens is 440 g/mol. The fraction of sp³-hybridized carbons (Fsp3) is 0.917. The van der Waals surface area contributed by atoms with Gasteiger partial charge in [-0.25, -0.2) is 0 Å². The molecule has 8 nitrogen and oxygen atoms in total. The molecule has 0 spiro atoms. The Morgan fingerprint density at radius 2 is 1.97 bits per heavy atom. The summed E-state index contributed by atoms with van der Waals surface area (Å²) in [5.74, 6) is 1.08. The van der Waals surface area contributed by atoms with Crippen LogP contribution in [0.3, 0.4) is 0 Å². The molecule has 4 saturated heterocycles. The summed E-state index contributed by atoms with van der Waals surface area (Å²) in [6.07, 6.45) is 7.59. The van der Waals surface area contributed by atoms with E-state index in [-0.39, 0.29) is 41.5 Å². The van der Waals surface area contributed by atoms with Crippen molar-refractivity contribution in [2.24, 2.45) is 17.8 Å². The molecule has 0 aromatic heterocycles. The van der Waals surface area contributed by atoms with Gasteiger partial charge in [0.1, 0.15) is 11.6 Å². The van der Waals surface area contributed by atoms with Gasteiger partial charge >= 0.3 is 0 Å². The number of thioether (sulfide) groups is 1. The van der Waals surface area contributed by atoms with Crippen LogP contribution >= 0.6 is 11.8 Å². The molecule has 0 aromatic carbocycles. The van der Waals surface area contributed by atoms with Crippen LogP contribution in [-0.4, -0.2) is 85.1 Å². The van der Waals surface area contributed by atoms with Crippen molar-refractivity contribution in [1.82, 2.24) is 20.9 Å². The number of hydrogen-bond acceptors (Lipinski definition) is 7. The first-order chi connectivity index (χ1) is 16.0. The first-order valence-electron chi connectivity index (χ1n) is 12.9. The molecule has 5 rings (SSSR count). The molecule has 4 heterocycles. The predicted molar refractivity (Wildman–Crippen MR) is 128 cm³/mol. The van der Waals surface area contributed by atoms with Gasteiger partial charge in [0.25, 0.3) is 5.91 Å². The number of nitrogens with one attached hydrogen (secondary N) is 3. The van der Waals surface area contributed by atoms with E-state index in [9.17, 15) is 9.59 Å². The lowest BCUT2D eigenvalue weighted by Gasteiger charge is -2.44. The van der Waals surface area contributed by atoms with Crippen LogP contribution in [0.5, 0.6) is 0 Å². The van der Waals surface area contributed by atoms with Crippen LogP contribution < -0.4 is 16.0 Å². The van der Waals surface area contributed by atoms with E-state index >= 15 is 0 Å². The monoisotopic (exact) mass is 480 g/mol. The third-order valence-corrected chi connectivity index (χ3v) is 9.86. The summed E-state index contributed by atoms with van der Waals surface area (Å²) in [6, 6.07) is 0.659. The van der Waals surface area contributed by atoms with Crippen molar-refractivity contribution in [3.8, 4) is 0 Å². The largest absolute Gasteiger partial charge is 0.381 e. The highest BCUT2D eigenvalue weighted by Gasteiger charge is 2.47. The van der Waals surface area contributed by atoms with Gasteiger partial charge in [0.15, 0.2) is 0 Å². The molecule has 9 heteroatoms. The van der Waals surface area contributed by atoms with Gasteiger partial charge in [-0.05, 0) is 50.9 Å². The number of nitrogens with zero attached hydrogens (tertiary/aromatic N) is 1. The number of amides is 2. The second kappa shape index (κ2) is 10.4.